The van der Waals surface area contributed by atoms with Gasteiger partial charge in [0.25, 0.3) is 0 Å². The zero-order chi connectivity index (χ0) is 12.4. The molecule has 1 aliphatic heterocycles. The van der Waals surface area contributed by atoms with Crippen molar-refractivity contribution in [3.63, 3.8) is 0 Å². The highest BCUT2D eigenvalue weighted by Crippen LogP contribution is 2.23. The molecule has 94 valence electrons. The molecule has 1 nitrogen and oxygen atoms in total. The Morgan fingerprint density at radius 2 is 1.40 bits per heavy atom. The molecule has 0 amide bonds. The number of hydrogen-bond donors (Lipinski definition) is 0. The fraction of sp³-hybridized carbons (Fsp3) is 1.00. The van der Waals surface area contributed by atoms with Gasteiger partial charge in [-0.1, -0.05) is 41.5 Å². The number of piperidine rings is 1. The van der Waals surface area contributed by atoms with Crippen molar-refractivity contribution < 1.29 is 0 Å². The minimum Gasteiger partial charge on any atom is -0.301 e. The SMILES string of the molecule is CC.CC.CC1CCN(C(C)C)CC1C. The lowest BCUT2D eigenvalue weighted by Gasteiger charge is -2.37. The van der Waals surface area contributed by atoms with Crippen LogP contribution in [0.15, 0.2) is 0 Å². The molecule has 0 aliphatic carbocycles. The van der Waals surface area contributed by atoms with E-state index < -0.39 is 0 Å². The molecular weight excluding hydrogens is 182 g/mol. The van der Waals surface area contributed by atoms with E-state index in [1.54, 1.807) is 0 Å². The third-order valence-electron chi connectivity index (χ3n) is 3.10. The van der Waals surface area contributed by atoms with Crippen molar-refractivity contribution in [3.05, 3.63) is 0 Å². The van der Waals surface area contributed by atoms with Crippen LogP contribution in [0.25, 0.3) is 0 Å². The lowest BCUT2D eigenvalue weighted by atomic mass is 9.88. The lowest BCUT2D eigenvalue weighted by molar-refractivity contribution is 0.110. The van der Waals surface area contributed by atoms with E-state index in [9.17, 15) is 0 Å². The summed E-state index contributed by atoms with van der Waals surface area (Å²) >= 11 is 0. The first kappa shape index (κ1) is 17.4. The van der Waals surface area contributed by atoms with Gasteiger partial charge in [0.2, 0.25) is 0 Å². The first-order chi connectivity index (χ1) is 7.11. The Labute approximate surface area is 98.2 Å². The van der Waals surface area contributed by atoms with E-state index >= 15 is 0 Å². The lowest BCUT2D eigenvalue weighted by Crippen LogP contribution is -2.42. The van der Waals surface area contributed by atoms with Gasteiger partial charge in [-0.2, -0.15) is 0 Å². The quantitative estimate of drug-likeness (QED) is 0.625. The Bertz CT molecular complexity index is 121. The van der Waals surface area contributed by atoms with Gasteiger partial charge in [0, 0.05) is 12.6 Å². The molecule has 2 atom stereocenters. The van der Waals surface area contributed by atoms with Gasteiger partial charge in [0.05, 0.1) is 0 Å². The molecule has 0 N–H and O–H groups in total. The average molecular weight is 215 g/mol. The smallest absolute Gasteiger partial charge is 0.00387 e. The van der Waals surface area contributed by atoms with E-state index in [2.05, 4.69) is 32.6 Å². The average Bonchev–Trinajstić information content (AvgIpc) is 2.27. The normalized spacial score (nSPS) is 26.2. The van der Waals surface area contributed by atoms with E-state index in [4.69, 9.17) is 0 Å². The molecule has 0 bridgehead atoms. The summed E-state index contributed by atoms with van der Waals surface area (Å²) in [6.45, 7) is 20.0. The summed E-state index contributed by atoms with van der Waals surface area (Å²) < 4.78 is 0. The van der Waals surface area contributed by atoms with Crippen LogP contribution in [0.1, 0.15) is 61.8 Å². The first-order valence-corrected chi connectivity index (χ1v) is 6.85. The first-order valence-electron chi connectivity index (χ1n) is 6.85. The van der Waals surface area contributed by atoms with Crippen LogP contribution in [0.2, 0.25) is 0 Å². The minimum absolute atomic E-state index is 0.741. The molecule has 2 unspecified atom stereocenters. The van der Waals surface area contributed by atoms with E-state index in [1.165, 1.54) is 19.5 Å². The van der Waals surface area contributed by atoms with Gasteiger partial charge >= 0.3 is 0 Å². The molecule has 15 heavy (non-hydrogen) atoms. The van der Waals surface area contributed by atoms with Gasteiger partial charge in [-0.3, -0.25) is 0 Å². The summed E-state index contributed by atoms with van der Waals surface area (Å²) in [4.78, 5) is 2.59. The predicted octanol–water partition coefficient (Wildman–Crippen LogP) is 4.43. The molecule has 0 radical (unpaired) electrons. The van der Waals surface area contributed by atoms with Gasteiger partial charge in [-0.15, -0.1) is 0 Å². The summed E-state index contributed by atoms with van der Waals surface area (Å²) in [6.07, 6.45) is 1.39. The minimum atomic E-state index is 0.741. The van der Waals surface area contributed by atoms with Crippen LogP contribution in [0.5, 0.6) is 0 Å². The molecule has 1 saturated heterocycles. The van der Waals surface area contributed by atoms with Gasteiger partial charge in [0.15, 0.2) is 0 Å². The molecule has 0 aromatic carbocycles. The van der Waals surface area contributed by atoms with Crippen molar-refractivity contribution in [1.82, 2.24) is 4.90 Å². The Kier molecular flexibility index (Phi) is 12.1. The maximum absolute atomic E-state index is 2.59. The van der Waals surface area contributed by atoms with Crippen LogP contribution in [0.3, 0.4) is 0 Å². The number of hydrogen-bond acceptors (Lipinski definition) is 1. The Morgan fingerprint density at radius 1 is 0.933 bits per heavy atom. The molecule has 0 aromatic heterocycles. The van der Waals surface area contributed by atoms with Gasteiger partial charge < -0.3 is 4.90 Å². The van der Waals surface area contributed by atoms with Crippen LogP contribution >= 0.6 is 0 Å². The molecule has 0 spiro atoms. The third kappa shape index (κ3) is 6.94. The van der Waals surface area contributed by atoms with Crippen molar-refractivity contribution in [2.45, 2.75) is 67.9 Å². The van der Waals surface area contributed by atoms with Crippen LogP contribution in [-0.2, 0) is 0 Å². The third-order valence-corrected chi connectivity index (χ3v) is 3.10. The fourth-order valence-corrected chi connectivity index (χ4v) is 1.76. The van der Waals surface area contributed by atoms with Crippen LogP contribution in [0, 0.1) is 11.8 Å². The molecule has 0 aromatic rings. The molecule has 1 aliphatic rings. The van der Waals surface area contributed by atoms with Crippen LogP contribution in [-0.4, -0.2) is 24.0 Å². The second-order valence-corrected chi connectivity index (χ2v) is 4.33. The maximum atomic E-state index is 2.59. The summed E-state index contributed by atoms with van der Waals surface area (Å²) in [5.74, 6) is 1.83. The van der Waals surface area contributed by atoms with Crippen LogP contribution < -0.4 is 0 Å². The van der Waals surface area contributed by atoms with Crippen molar-refractivity contribution >= 4 is 0 Å². The highest BCUT2D eigenvalue weighted by molar-refractivity contribution is 4.76. The van der Waals surface area contributed by atoms with Gasteiger partial charge in [-0.25, -0.2) is 0 Å². The number of nitrogens with zero attached hydrogens (tertiary/aromatic N) is 1. The second kappa shape index (κ2) is 10.5. The summed E-state index contributed by atoms with van der Waals surface area (Å²) in [5, 5.41) is 0. The van der Waals surface area contributed by atoms with Gasteiger partial charge in [0.1, 0.15) is 0 Å². The zero-order valence-corrected chi connectivity index (χ0v) is 12.3. The molecule has 1 fully saturated rings. The van der Waals surface area contributed by atoms with Gasteiger partial charge in [-0.05, 0) is 38.6 Å². The van der Waals surface area contributed by atoms with E-state index in [1.807, 2.05) is 27.7 Å². The predicted molar refractivity (Wildman–Crippen MR) is 72.4 cm³/mol. The van der Waals surface area contributed by atoms with Crippen molar-refractivity contribution in [2.24, 2.45) is 11.8 Å². The van der Waals surface area contributed by atoms with E-state index in [0.717, 1.165) is 17.9 Å². The second-order valence-electron chi connectivity index (χ2n) is 4.33. The maximum Gasteiger partial charge on any atom is 0.00387 e. The van der Waals surface area contributed by atoms with Crippen molar-refractivity contribution in [1.29, 1.82) is 0 Å². The van der Waals surface area contributed by atoms with Crippen molar-refractivity contribution in [2.75, 3.05) is 13.1 Å². The zero-order valence-electron chi connectivity index (χ0n) is 12.3. The standard InChI is InChI=1S/C10H21N.2C2H6/c1-8(2)11-6-5-9(3)10(4)7-11;2*1-2/h8-10H,5-7H2,1-4H3;2*1-2H3. The summed E-state index contributed by atoms with van der Waals surface area (Å²) in [7, 11) is 0. The molecule has 1 heterocycles. The highest BCUT2D eigenvalue weighted by atomic mass is 15.2. The summed E-state index contributed by atoms with van der Waals surface area (Å²) in [6, 6.07) is 0.741. The molecular formula is C14H33N. The summed E-state index contributed by atoms with van der Waals surface area (Å²) in [5.41, 5.74) is 0. The molecule has 0 saturated carbocycles. The number of rotatable bonds is 1. The Hall–Kier alpha value is -0.0400. The van der Waals surface area contributed by atoms with Crippen LogP contribution in [0.4, 0.5) is 0 Å². The Morgan fingerprint density at radius 3 is 1.73 bits per heavy atom. The fourth-order valence-electron chi connectivity index (χ4n) is 1.76. The molecule has 1 rings (SSSR count). The highest BCUT2D eigenvalue weighted by Gasteiger charge is 2.23. The topological polar surface area (TPSA) is 3.24 Å². The number of likely N-dealkylation sites (tertiary alicyclic amines) is 1. The largest absolute Gasteiger partial charge is 0.301 e. The van der Waals surface area contributed by atoms with Crippen molar-refractivity contribution in [3.8, 4) is 0 Å². The van der Waals surface area contributed by atoms with E-state index in [0.29, 0.717) is 0 Å². The monoisotopic (exact) mass is 215 g/mol. The van der Waals surface area contributed by atoms with E-state index in [-0.39, 0.29) is 0 Å². The Balaban J connectivity index is 0. The molecule has 1 heteroatoms.